The summed E-state index contributed by atoms with van der Waals surface area (Å²) in [6.07, 6.45) is -9.15. The summed E-state index contributed by atoms with van der Waals surface area (Å²) >= 11 is 13.8. The van der Waals surface area contributed by atoms with E-state index in [1.54, 1.807) is 6.92 Å². The number of nitrogens with two attached hydrogens (primary N) is 1. The molecule has 0 atom stereocenters. The van der Waals surface area contributed by atoms with Gasteiger partial charge < -0.3 is 25.1 Å². The van der Waals surface area contributed by atoms with Gasteiger partial charge in [-0.2, -0.15) is 31.4 Å². The average Bonchev–Trinajstić information content (AvgIpc) is 3.58. The number of nitrogens with one attached hydrogen (secondary N) is 2. The lowest BCUT2D eigenvalue weighted by atomic mass is 10.2. The van der Waals surface area contributed by atoms with E-state index in [1.807, 2.05) is 0 Å². The first-order valence-corrected chi connectivity index (χ1v) is 16.3. The lowest BCUT2D eigenvalue weighted by Crippen LogP contribution is -2.37. The number of carbonyl (C=O) groups excluding carboxylic acids is 6. The van der Waals surface area contributed by atoms with Gasteiger partial charge in [0.2, 0.25) is 0 Å². The predicted molar refractivity (Wildman–Crippen MR) is 180 cm³/mol. The smallest absolute Gasteiger partial charge is 0.391 e. The van der Waals surface area contributed by atoms with Gasteiger partial charge in [0.15, 0.2) is 0 Å². The lowest BCUT2D eigenvalue weighted by molar-refractivity contribution is -0.152. The SMILES string of the molecule is CC1=C(CBr)C(=O)OC1=O.CC1=C(CO)C(=O)N(Nc2ccc(C(F)(F)F)c(Cl)n2)C1=O.CC1=C(CO)C(=O)OC1=O.NNc1ccc(C(F)(F)F)c(Cl)n1. The molecule has 3 aliphatic heterocycles. The molecule has 16 nitrogen and oxygen atoms in total. The first kappa shape index (κ1) is 46.2. The number of nitrogen functional groups attached to an aromatic ring is 1. The topological polar surface area (TPSA) is 240 Å². The van der Waals surface area contributed by atoms with Crippen LogP contribution in [0.15, 0.2) is 57.7 Å². The second-order valence-corrected chi connectivity index (χ2v) is 11.7. The van der Waals surface area contributed by atoms with E-state index in [0.717, 1.165) is 18.2 Å². The summed E-state index contributed by atoms with van der Waals surface area (Å²) in [5.74, 6) is 0.812. The van der Waals surface area contributed by atoms with E-state index in [0.29, 0.717) is 27.6 Å². The zero-order valence-corrected chi connectivity index (χ0v) is 31.0. The van der Waals surface area contributed by atoms with Gasteiger partial charge in [-0.25, -0.2) is 35.0 Å². The molecule has 6 N–H and O–H groups in total. The van der Waals surface area contributed by atoms with Crippen LogP contribution in [0.2, 0.25) is 10.3 Å². The number of imide groups is 1. The Hall–Kier alpha value is -4.94. The normalized spacial score (nSPS) is 15.7. The van der Waals surface area contributed by atoms with Crippen LogP contribution in [0.5, 0.6) is 0 Å². The number of rotatable bonds is 6. The van der Waals surface area contributed by atoms with E-state index in [9.17, 15) is 55.1 Å². The molecule has 3 aliphatic rings. The van der Waals surface area contributed by atoms with Crippen molar-refractivity contribution in [3.8, 4) is 0 Å². The third-order valence-electron chi connectivity index (χ3n) is 6.95. The van der Waals surface area contributed by atoms with Gasteiger partial charge in [0.25, 0.3) is 11.8 Å². The molecule has 298 valence electrons. The fraction of sp³-hybridized carbons (Fsp3) is 0.267. The van der Waals surface area contributed by atoms with E-state index in [2.05, 4.69) is 46.2 Å². The summed E-state index contributed by atoms with van der Waals surface area (Å²) in [6.45, 7) is 3.30. The molecule has 0 radical (unpaired) electrons. The third kappa shape index (κ3) is 11.5. The van der Waals surface area contributed by atoms with Gasteiger partial charge in [-0.15, -0.1) is 0 Å². The Morgan fingerprint density at radius 1 is 0.691 bits per heavy atom. The molecule has 2 aromatic rings. The van der Waals surface area contributed by atoms with E-state index < -0.39 is 82.7 Å². The van der Waals surface area contributed by atoms with Gasteiger partial charge in [-0.05, 0) is 45.0 Å². The number of ether oxygens (including phenoxy) is 2. The van der Waals surface area contributed by atoms with Gasteiger partial charge in [-0.1, -0.05) is 39.1 Å². The molecule has 0 fully saturated rings. The van der Waals surface area contributed by atoms with Crippen LogP contribution in [-0.4, -0.2) is 79.4 Å². The van der Waals surface area contributed by atoms with Gasteiger partial charge in [-0.3, -0.25) is 15.0 Å². The minimum atomic E-state index is -4.66. The number of cyclic esters (lactones) is 4. The fourth-order valence-electron chi connectivity index (χ4n) is 3.86. The standard InChI is InChI=1S/C12H9ClF3N3O3.C6H5BrO3.C6H5ClF3N3.C6H6O4/c1-5-6(4-20)11(22)19(10(5)21)18-8-3-2-7(9(13)17-8)12(14,15)16;1-3-4(2-7)6(9)10-5(3)8;7-5-3(6(8,9)10)1-2-4(12-5)13-11;1-3-4(2-7)6(9)10-5(3)8/h2-3,20H,4H2,1H3,(H,17,18);2H2,1H3;1-2H,11H2,(H,12,13);7H,2H2,1H3. The maximum atomic E-state index is 12.6. The number of hydrogen-bond acceptors (Lipinski definition) is 15. The molecule has 0 saturated heterocycles. The molecular weight excluding hydrogens is 869 g/mol. The van der Waals surface area contributed by atoms with E-state index in [1.165, 1.54) is 13.8 Å². The molecule has 0 aromatic carbocycles. The maximum Gasteiger partial charge on any atom is 0.419 e. The summed E-state index contributed by atoms with van der Waals surface area (Å²) in [4.78, 5) is 72.9. The van der Waals surface area contributed by atoms with Gasteiger partial charge >= 0.3 is 36.2 Å². The first-order valence-electron chi connectivity index (χ1n) is 14.4. The number of nitrogens with zero attached hydrogens (tertiary/aromatic N) is 3. The van der Waals surface area contributed by atoms with Crippen LogP contribution in [0.4, 0.5) is 38.0 Å². The minimum absolute atomic E-state index is 0.0398. The fourth-order valence-corrected chi connectivity index (χ4v) is 5.03. The van der Waals surface area contributed by atoms with E-state index >= 15 is 0 Å². The largest absolute Gasteiger partial charge is 0.419 e. The number of anilines is 2. The van der Waals surface area contributed by atoms with Crippen molar-refractivity contribution in [3.05, 3.63) is 79.1 Å². The molecule has 0 aliphatic carbocycles. The van der Waals surface area contributed by atoms with Crippen LogP contribution in [0.25, 0.3) is 0 Å². The molecule has 5 rings (SSSR count). The zero-order valence-electron chi connectivity index (χ0n) is 27.9. The Kier molecular flexibility index (Phi) is 16.0. The van der Waals surface area contributed by atoms with Crippen molar-refractivity contribution in [2.75, 3.05) is 29.4 Å². The Bertz CT molecular complexity index is 1960. The van der Waals surface area contributed by atoms with Crippen LogP contribution >= 0.6 is 39.1 Å². The highest BCUT2D eigenvalue weighted by atomic mass is 79.9. The number of carbonyl (C=O) groups is 6. The summed E-state index contributed by atoms with van der Waals surface area (Å²) in [6, 6.07) is 3.51. The Morgan fingerprint density at radius 3 is 1.40 bits per heavy atom. The van der Waals surface area contributed by atoms with Crippen molar-refractivity contribution >= 4 is 86.5 Å². The Morgan fingerprint density at radius 2 is 1.11 bits per heavy atom. The van der Waals surface area contributed by atoms with Gasteiger partial charge in [0.1, 0.15) is 21.9 Å². The molecule has 5 heterocycles. The highest BCUT2D eigenvalue weighted by molar-refractivity contribution is 9.09. The first-order chi connectivity index (χ1) is 25.4. The van der Waals surface area contributed by atoms with Crippen molar-refractivity contribution in [1.29, 1.82) is 0 Å². The molecule has 0 unspecified atom stereocenters. The number of aliphatic hydroxyl groups excluding tert-OH is 2. The molecule has 0 bridgehead atoms. The number of aromatic nitrogens is 2. The second kappa shape index (κ2) is 19.1. The average molecular weight is 894 g/mol. The summed E-state index contributed by atoms with van der Waals surface area (Å²) in [7, 11) is 0. The van der Waals surface area contributed by atoms with Crippen LogP contribution in [0.1, 0.15) is 31.9 Å². The lowest BCUT2D eigenvalue weighted by Gasteiger charge is -2.17. The Labute approximate surface area is 323 Å². The number of amides is 2. The van der Waals surface area contributed by atoms with E-state index in [-0.39, 0.29) is 33.9 Å². The number of aliphatic hydroxyl groups is 2. The number of hydrogen-bond donors (Lipinski definition) is 5. The van der Waals surface area contributed by atoms with E-state index in [4.69, 9.17) is 39.3 Å². The molecule has 0 spiro atoms. The maximum absolute atomic E-state index is 12.6. The van der Waals surface area contributed by atoms with Crippen LogP contribution in [-0.2, 0) is 50.6 Å². The van der Waals surface area contributed by atoms with Gasteiger partial charge in [0.05, 0.1) is 41.1 Å². The molecule has 0 saturated carbocycles. The Balaban J connectivity index is 0.000000271. The number of esters is 4. The summed E-state index contributed by atoms with van der Waals surface area (Å²) < 4.78 is 82.5. The van der Waals surface area contributed by atoms with Crippen molar-refractivity contribution in [3.63, 3.8) is 0 Å². The van der Waals surface area contributed by atoms with Crippen molar-refractivity contribution in [1.82, 2.24) is 15.0 Å². The second-order valence-electron chi connectivity index (χ2n) is 10.4. The quantitative estimate of drug-likeness (QED) is 0.0403. The molecular formula is C30H25BrCl2F6N6O10. The predicted octanol–water partition coefficient (Wildman–Crippen LogP) is 3.96. The van der Waals surface area contributed by atoms with Crippen molar-refractivity contribution < 1.29 is 74.8 Å². The molecule has 25 heteroatoms. The van der Waals surface area contributed by atoms with Crippen molar-refractivity contribution in [2.45, 2.75) is 33.1 Å². The number of halogens is 9. The van der Waals surface area contributed by atoms with Gasteiger partial charge in [0, 0.05) is 22.0 Å². The van der Waals surface area contributed by atoms with Crippen LogP contribution in [0, 0.1) is 0 Å². The minimum Gasteiger partial charge on any atom is -0.391 e. The number of alkyl halides is 7. The van der Waals surface area contributed by atoms with Crippen LogP contribution in [0.3, 0.4) is 0 Å². The molecule has 55 heavy (non-hydrogen) atoms. The van der Waals surface area contributed by atoms with Crippen LogP contribution < -0.4 is 16.7 Å². The highest BCUT2D eigenvalue weighted by Crippen LogP contribution is 2.35. The highest BCUT2D eigenvalue weighted by Gasteiger charge is 2.38. The molecule has 2 aromatic heterocycles. The molecule has 2 amide bonds. The number of pyridine rings is 2. The number of hydrazine groups is 2. The zero-order chi connectivity index (χ0) is 42.2. The third-order valence-corrected chi connectivity index (χ3v) is 8.09. The summed E-state index contributed by atoms with van der Waals surface area (Å²) in [5.41, 5.74) is 3.27. The van der Waals surface area contributed by atoms with Crippen molar-refractivity contribution in [2.24, 2.45) is 5.84 Å². The summed E-state index contributed by atoms with van der Waals surface area (Å²) in [5, 5.41) is 17.0. The monoisotopic (exact) mass is 892 g/mol.